The van der Waals surface area contributed by atoms with E-state index in [-0.39, 0.29) is 16.4 Å². The fraction of sp³-hybridized carbons (Fsp3) is 0. The molecule has 1 aromatic carbocycles. The van der Waals surface area contributed by atoms with Gasteiger partial charge < -0.3 is 5.11 Å². The van der Waals surface area contributed by atoms with Crippen LogP contribution in [0.5, 0.6) is 5.75 Å². The van der Waals surface area contributed by atoms with Crippen LogP contribution >= 0.6 is 11.6 Å². The molecular weight excluding hydrogens is 212 g/mol. The summed E-state index contributed by atoms with van der Waals surface area (Å²) in [6.07, 6.45) is 0. The summed E-state index contributed by atoms with van der Waals surface area (Å²) in [6, 6.07) is 1.90. The van der Waals surface area contributed by atoms with Crippen molar-refractivity contribution in [3.63, 3.8) is 0 Å². The summed E-state index contributed by atoms with van der Waals surface area (Å²) in [5, 5.41) is 22.4. The van der Waals surface area contributed by atoms with Gasteiger partial charge >= 0.3 is 0 Å². The first-order valence-electron chi connectivity index (χ1n) is 3.28. The highest BCUT2D eigenvalue weighted by Gasteiger charge is 2.13. The van der Waals surface area contributed by atoms with E-state index in [2.05, 4.69) is 10.0 Å². The Balaban J connectivity index is 3.42. The van der Waals surface area contributed by atoms with Crippen molar-refractivity contribution in [1.82, 2.24) is 0 Å². The van der Waals surface area contributed by atoms with Crippen molar-refractivity contribution in [2.24, 2.45) is 5.11 Å². The van der Waals surface area contributed by atoms with Crippen molar-refractivity contribution in [1.29, 1.82) is 0 Å². The fourth-order valence-corrected chi connectivity index (χ4v) is 1.01. The van der Waals surface area contributed by atoms with Crippen molar-refractivity contribution < 1.29 is 10.0 Å². The predicted octanol–water partition coefficient (Wildman–Crippen LogP) is 2.90. The van der Waals surface area contributed by atoms with Gasteiger partial charge in [0.05, 0.1) is 15.6 Å². The van der Waals surface area contributed by atoms with Crippen LogP contribution in [0, 0.1) is 10.1 Å². The van der Waals surface area contributed by atoms with Gasteiger partial charge in [-0.15, -0.1) is 0 Å². The molecule has 0 heterocycles. The van der Waals surface area contributed by atoms with Gasteiger partial charge in [-0.05, 0) is 5.53 Å². The molecule has 0 unspecified atom stereocenters. The van der Waals surface area contributed by atoms with Crippen LogP contribution in [0.15, 0.2) is 17.2 Å². The Morgan fingerprint density at radius 3 is 2.79 bits per heavy atom. The maximum atomic E-state index is 10.4. The maximum Gasteiger partial charge on any atom is 0.271 e. The number of nitro groups is 1. The molecule has 0 bridgehead atoms. The number of nitro benzene ring substituents is 1. The number of halogens is 1. The van der Waals surface area contributed by atoms with E-state index in [4.69, 9.17) is 17.1 Å². The first kappa shape index (κ1) is 10.1. The fourth-order valence-electron chi connectivity index (χ4n) is 0.800. The number of phenolic OH excluding ortho intramolecular Hbond substituents is 1. The lowest BCUT2D eigenvalue weighted by atomic mass is 10.2. The zero-order valence-corrected chi connectivity index (χ0v) is 7.34. The number of aromatic hydroxyl groups is 1. The predicted molar refractivity (Wildman–Crippen MR) is 48.6 cm³/mol. The second-order valence-electron chi connectivity index (χ2n) is 2.24. The van der Waals surface area contributed by atoms with Crippen LogP contribution in [0.25, 0.3) is 10.4 Å². The smallest absolute Gasteiger partial charge is 0.271 e. The summed E-state index contributed by atoms with van der Waals surface area (Å²) in [5.74, 6) is -0.477. The van der Waals surface area contributed by atoms with Crippen molar-refractivity contribution in [2.45, 2.75) is 0 Å². The summed E-state index contributed by atoms with van der Waals surface area (Å²) >= 11 is 5.46. The number of rotatable bonds is 2. The lowest BCUT2D eigenvalue weighted by molar-refractivity contribution is -0.384. The molecule has 0 amide bonds. The third kappa shape index (κ3) is 1.85. The van der Waals surface area contributed by atoms with Crippen molar-refractivity contribution >= 4 is 23.0 Å². The molecule has 0 aliphatic rings. The van der Waals surface area contributed by atoms with Gasteiger partial charge in [0.2, 0.25) is 0 Å². The van der Waals surface area contributed by atoms with Gasteiger partial charge in [0.15, 0.2) is 0 Å². The molecule has 0 fully saturated rings. The van der Waals surface area contributed by atoms with Crippen LogP contribution in [0.1, 0.15) is 0 Å². The summed E-state index contributed by atoms with van der Waals surface area (Å²) in [4.78, 5) is 12.0. The molecular formula is C6H3ClN4O3. The van der Waals surface area contributed by atoms with Crippen LogP contribution in [0.2, 0.25) is 5.02 Å². The monoisotopic (exact) mass is 214 g/mol. The maximum absolute atomic E-state index is 10.4. The van der Waals surface area contributed by atoms with E-state index in [0.717, 1.165) is 12.1 Å². The number of phenols is 1. The van der Waals surface area contributed by atoms with E-state index in [9.17, 15) is 15.2 Å². The molecule has 0 aliphatic carbocycles. The molecule has 0 aliphatic heterocycles. The van der Waals surface area contributed by atoms with Gasteiger partial charge in [0.25, 0.3) is 5.69 Å². The first-order chi connectivity index (χ1) is 6.56. The molecule has 1 rings (SSSR count). The van der Waals surface area contributed by atoms with E-state index in [1.54, 1.807) is 0 Å². The van der Waals surface area contributed by atoms with E-state index < -0.39 is 10.7 Å². The molecule has 1 aromatic rings. The van der Waals surface area contributed by atoms with Gasteiger partial charge in [-0.25, -0.2) is 0 Å². The van der Waals surface area contributed by atoms with E-state index in [0.29, 0.717) is 0 Å². The highest BCUT2D eigenvalue weighted by Crippen LogP contribution is 2.37. The summed E-state index contributed by atoms with van der Waals surface area (Å²) in [5.41, 5.74) is 7.48. The quantitative estimate of drug-likeness (QED) is 0.268. The number of non-ortho nitro benzene ring substituents is 1. The molecule has 8 heteroatoms. The Hall–Kier alpha value is -1.98. The molecule has 1 N–H and O–H groups in total. The van der Waals surface area contributed by atoms with Crippen molar-refractivity contribution in [2.75, 3.05) is 0 Å². The number of hydrogen-bond acceptors (Lipinski definition) is 4. The zero-order valence-electron chi connectivity index (χ0n) is 6.59. The normalized spacial score (nSPS) is 9.21. The van der Waals surface area contributed by atoms with E-state index >= 15 is 0 Å². The minimum Gasteiger partial charge on any atom is -0.506 e. The summed E-state index contributed by atoms with van der Waals surface area (Å²) in [6.45, 7) is 0. The minimum absolute atomic E-state index is 0.235. The molecule has 0 spiro atoms. The summed E-state index contributed by atoms with van der Waals surface area (Å²) < 4.78 is 0. The highest BCUT2D eigenvalue weighted by molar-refractivity contribution is 6.32. The van der Waals surface area contributed by atoms with Crippen LogP contribution in [-0.4, -0.2) is 10.0 Å². The van der Waals surface area contributed by atoms with Gasteiger partial charge in [-0.1, -0.05) is 16.7 Å². The minimum atomic E-state index is -0.707. The number of hydrogen-bond donors (Lipinski definition) is 1. The molecule has 72 valence electrons. The molecule has 0 atom stereocenters. The first-order valence-corrected chi connectivity index (χ1v) is 3.66. The molecule has 0 aromatic heterocycles. The van der Waals surface area contributed by atoms with E-state index in [1.807, 2.05) is 0 Å². The van der Waals surface area contributed by atoms with Gasteiger partial charge in [-0.3, -0.25) is 10.1 Å². The Kier molecular flexibility index (Phi) is 2.76. The number of benzene rings is 1. The standard InChI is InChI=1S/C6H3ClN4O3/c7-4-1-3(11(13)14)2-5(6(4)12)9-10-8/h1-2,12H. The average molecular weight is 215 g/mol. The largest absolute Gasteiger partial charge is 0.506 e. The second-order valence-corrected chi connectivity index (χ2v) is 2.65. The lowest BCUT2D eigenvalue weighted by Gasteiger charge is -1.99. The number of azide groups is 1. The van der Waals surface area contributed by atoms with Crippen LogP contribution in [0.3, 0.4) is 0 Å². The third-order valence-corrected chi connectivity index (χ3v) is 1.68. The second kappa shape index (κ2) is 3.82. The van der Waals surface area contributed by atoms with Crippen molar-refractivity contribution in [3.05, 3.63) is 37.7 Å². The van der Waals surface area contributed by atoms with Crippen LogP contribution < -0.4 is 0 Å². The van der Waals surface area contributed by atoms with Gasteiger partial charge in [0.1, 0.15) is 5.75 Å². The van der Waals surface area contributed by atoms with Gasteiger partial charge in [0, 0.05) is 17.0 Å². The van der Waals surface area contributed by atoms with Crippen molar-refractivity contribution in [3.8, 4) is 5.75 Å². The highest BCUT2D eigenvalue weighted by atomic mass is 35.5. The molecule has 14 heavy (non-hydrogen) atoms. The SMILES string of the molecule is [N-]=[N+]=Nc1cc([N+](=O)[O-])cc(Cl)c1O. The number of nitrogens with zero attached hydrogens (tertiary/aromatic N) is 4. The molecule has 0 radical (unpaired) electrons. The Labute approximate surface area is 82.3 Å². The Bertz CT molecular complexity index is 441. The zero-order chi connectivity index (χ0) is 10.7. The van der Waals surface area contributed by atoms with Gasteiger partial charge in [-0.2, -0.15) is 0 Å². The Morgan fingerprint density at radius 1 is 1.64 bits per heavy atom. The lowest BCUT2D eigenvalue weighted by Crippen LogP contribution is -1.87. The van der Waals surface area contributed by atoms with E-state index in [1.165, 1.54) is 0 Å². The Morgan fingerprint density at radius 2 is 2.29 bits per heavy atom. The van der Waals surface area contributed by atoms with Crippen LogP contribution in [-0.2, 0) is 0 Å². The van der Waals surface area contributed by atoms with Crippen LogP contribution in [0.4, 0.5) is 11.4 Å². The average Bonchev–Trinajstić information content (AvgIpc) is 2.12. The molecule has 0 saturated carbocycles. The third-order valence-electron chi connectivity index (χ3n) is 1.39. The topological polar surface area (TPSA) is 112 Å². The summed E-state index contributed by atoms with van der Waals surface area (Å²) in [7, 11) is 0. The molecule has 0 saturated heterocycles. The molecule has 7 nitrogen and oxygen atoms in total.